The van der Waals surface area contributed by atoms with Gasteiger partial charge in [-0.25, -0.2) is 8.42 Å². The molecule has 1 aliphatic carbocycles. The van der Waals surface area contributed by atoms with Crippen LogP contribution in [0.15, 0.2) is 0 Å². The molecule has 0 aromatic heterocycles. The molecule has 0 spiro atoms. The summed E-state index contributed by atoms with van der Waals surface area (Å²) in [5.41, 5.74) is 5.46. The van der Waals surface area contributed by atoms with Crippen LogP contribution in [0.4, 0.5) is 0 Å². The highest BCUT2D eigenvalue weighted by atomic mass is 32.2. The monoisotopic (exact) mass is 308 g/mol. The lowest BCUT2D eigenvalue weighted by Crippen LogP contribution is -2.45. The summed E-state index contributed by atoms with van der Waals surface area (Å²) in [6.45, 7) is 1.78. The number of carbonyl (C=O) groups excluding carboxylic acids is 1. The molecular weight excluding hydrogens is 288 g/mol. The summed E-state index contributed by atoms with van der Waals surface area (Å²) in [5, 5.41) is 0. The number of rotatable bonds is 7. The molecule has 1 fully saturated rings. The van der Waals surface area contributed by atoms with Gasteiger partial charge in [0.1, 0.15) is 0 Å². The van der Waals surface area contributed by atoms with E-state index in [0.717, 1.165) is 25.7 Å². The lowest BCUT2D eigenvalue weighted by molar-refractivity contribution is -0.140. The normalized spacial score (nSPS) is 16.7. The molecule has 1 aliphatic rings. The van der Waals surface area contributed by atoms with E-state index in [-0.39, 0.29) is 24.2 Å². The van der Waals surface area contributed by atoms with E-state index in [1.165, 1.54) is 4.31 Å². The fourth-order valence-corrected chi connectivity index (χ4v) is 4.00. The van der Waals surface area contributed by atoms with Crippen LogP contribution in [0.1, 0.15) is 32.6 Å². The number of esters is 1. The van der Waals surface area contributed by atoms with Crippen molar-refractivity contribution in [3.05, 3.63) is 0 Å². The van der Waals surface area contributed by atoms with Crippen molar-refractivity contribution in [2.75, 3.05) is 18.9 Å². The summed E-state index contributed by atoms with van der Waals surface area (Å²) < 4.78 is 30.4. The van der Waals surface area contributed by atoms with E-state index in [1.807, 2.05) is 0 Å². The van der Waals surface area contributed by atoms with Gasteiger partial charge in [0, 0.05) is 6.04 Å². The third-order valence-electron chi connectivity index (χ3n) is 3.01. The highest BCUT2D eigenvalue weighted by molar-refractivity contribution is 7.89. The maximum Gasteiger partial charge on any atom is 0.322 e. The topological polar surface area (TPSA) is 89.7 Å². The van der Waals surface area contributed by atoms with E-state index in [0.29, 0.717) is 0 Å². The number of nitrogens with zero attached hydrogens (tertiary/aromatic N) is 1. The van der Waals surface area contributed by atoms with E-state index >= 15 is 0 Å². The molecule has 110 valence electrons. The molecule has 0 atom stereocenters. The van der Waals surface area contributed by atoms with Crippen LogP contribution in [0.3, 0.4) is 0 Å². The second-order valence-corrected chi connectivity index (χ2v) is 6.96. The Morgan fingerprint density at radius 2 is 2.00 bits per heavy atom. The van der Waals surface area contributed by atoms with Gasteiger partial charge < -0.3 is 10.5 Å². The van der Waals surface area contributed by atoms with E-state index in [9.17, 15) is 13.2 Å². The van der Waals surface area contributed by atoms with Gasteiger partial charge in [-0.05, 0) is 19.8 Å². The average Bonchev–Trinajstić information content (AvgIpc) is 2.77. The van der Waals surface area contributed by atoms with E-state index in [1.54, 1.807) is 6.92 Å². The Labute approximate surface area is 119 Å². The number of nitrogens with two attached hydrogens (primary N) is 1. The predicted molar refractivity (Wildman–Crippen MR) is 76.2 cm³/mol. The third-order valence-corrected chi connectivity index (χ3v) is 4.88. The zero-order valence-corrected chi connectivity index (χ0v) is 12.6. The molecule has 0 aromatic carbocycles. The summed E-state index contributed by atoms with van der Waals surface area (Å²) in [5.74, 6) is -1.40. The van der Waals surface area contributed by atoms with Crippen LogP contribution >= 0.6 is 12.2 Å². The zero-order valence-electron chi connectivity index (χ0n) is 11.0. The third kappa shape index (κ3) is 5.04. The number of hydrogen-bond acceptors (Lipinski definition) is 5. The molecule has 0 radical (unpaired) electrons. The Morgan fingerprint density at radius 3 is 2.47 bits per heavy atom. The molecule has 6 nitrogen and oxygen atoms in total. The summed E-state index contributed by atoms with van der Waals surface area (Å²) in [6, 6.07) is -0.110. The number of sulfonamides is 1. The summed E-state index contributed by atoms with van der Waals surface area (Å²) in [4.78, 5) is 11.5. The maximum absolute atomic E-state index is 12.2. The first kappa shape index (κ1) is 16.3. The Balaban J connectivity index is 2.82. The molecule has 1 saturated carbocycles. The van der Waals surface area contributed by atoms with E-state index in [2.05, 4.69) is 4.74 Å². The molecule has 8 heteroatoms. The van der Waals surface area contributed by atoms with Crippen molar-refractivity contribution in [2.24, 2.45) is 5.73 Å². The minimum absolute atomic E-state index is 0.0122. The molecule has 19 heavy (non-hydrogen) atoms. The molecule has 0 unspecified atom stereocenters. The molecule has 0 saturated heterocycles. The van der Waals surface area contributed by atoms with Crippen molar-refractivity contribution in [1.82, 2.24) is 4.31 Å². The van der Waals surface area contributed by atoms with Gasteiger partial charge in [0.15, 0.2) is 5.75 Å². The number of hydrogen-bond donors (Lipinski definition) is 1. The predicted octanol–water partition coefficient (Wildman–Crippen LogP) is 0.410. The van der Waals surface area contributed by atoms with Gasteiger partial charge in [-0.1, -0.05) is 25.1 Å². The van der Waals surface area contributed by atoms with Gasteiger partial charge >= 0.3 is 5.97 Å². The fourth-order valence-electron chi connectivity index (χ4n) is 2.23. The summed E-state index contributed by atoms with van der Waals surface area (Å²) in [6.07, 6.45) is 3.52. The minimum Gasteiger partial charge on any atom is -0.465 e. The van der Waals surface area contributed by atoms with Crippen molar-refractivity contribution >= 4 is 33.2 Å². The molecule has 0 heterocycles. The van der Waals surface area contributed by atoms with Crippen LogP contribution < -0.4 is 5.73 Å². The van der Waals surface area contributed by atoms with Crippen LogP contribution in [0.2, 0.25) is 0 Å². The van der Waals surface area contributed by atoms with Crippen molar-refractivity contribution in [2.45, 2.75) is 38.6 Å². The molecule has 0 amide bonds. The van der Waals surface area contributed by atoms with Crippen molar-refractivity contribution in [3.63, 3.8) is 0 Å². The second kappa shape index (κ2) is 7.16. The van der Waals surface area contributed by atoms with Gasteiger partial charge in [-0.2, -0.15) is 4.31 Å². The largest absolute Gasteiger partial charge is 0.465 e. The van der Waals surface area contributed by atoms with Gasteiger partial charge in [0.05, 0.1) is 18.1 Å². The second-order valence-electron chi connectivity index (χ2n) is 4.51. The Bertz CT molecular complexity index is 430. The molecule has 1 rings (SSSR count). The lowest BCUT2D eigenvalue weighted by atomic mass is 10.2. The zero-order chi connectivity index (χ0) is 14.5. The number of carbonyl (C=O) groups is 1. The van der Waals surface area contributed by atoms with Gasteiger partial charge in [-0.15, -0.1) is 0 Å². The van der Waals surface area contributed by atoms with Crippen LogP contribution in [-0.4, -0.2) is 48.6 Å². The number of ether oxygens (including phenoxy) is 1. The first-order valence-electron chi connectivity index (χ1n) is 6.30. The Kier molecular flexibility index (Phi) is 6.15. The maximum atomic E-state index is 12.2. The quantitative estimate of drug-likeness (QED) is 0.541. The van der Waals surface area contributed by atoms with E-state index in [4.69, 9.17) is 18.0 Å². The smallest absolute Gasteiger partial charge is 0.322 e. The van der Waals surface area contributed by atoms with Crippen LogP contribution in [-0.2, 0) is 19.6 Å². The highest BCUT2D eigenvalue weighted by Gasteiger charge is 2.34. The van der Waals surface area contributed by atoms with Crippen molar-refractivity contribution in [3.8, 4) is 0 Å². The van der Waals surface area contributed by atoms with Gasteiger partial charge in [-0.3, -0.25) is 4.79 Å². The Hall–Kier alpha value is -0.730. The number of thiocarbonyl (C=S) groups is 1. The van der Waals surface area contributed by atoms with Crippen molar-refractivity contribution < 1.29 is 17.9 Å². The average molecular weight is 308 g/mol. The Morgan fingerprint density at radius 1 is 1.42 bits per heavy atom. The van der Waals surface area contributed by atoms with Crippen LogP contribution in [0, 0.1) is 0 Å². The highest BCUT2D eigenvalue weighted by Crippen LogP contribution is 2.25. The first-order chi connectivity index (χ1) is 8.86. The van der Waals surface area contributed by atoms with Gasteiger partial charge in [0.2, 0.25) is 10.0 Å². The van der Waals surface area contributed by atoms with Crippen LogP contribution in [0.25, 0.3) is 0 Å². The molecule has 0 bridgehead atoms. The first-order valence-corrected chi connectivity index (χ1v) is 8.32. The minimum atomic E-state index is -3.73. The SMILES string of the molecule is CCOC(=O)CS(=O)(=O)N(CC(N)=S)C1CCCC1. The van der Waals surface area contributed by atoms with Gasteiger partial charge in [0.25, 0.3) is 0 Å². The summed E-state index contributed by atoms with van der Waals surface area (Å²) >= 11 is 4.80. The molecule has 0 aliphatic heterocycles. The standard InChI is InChI=1S/C11H20N2O4S2/c1-2-17-11(14)8-19(15,16)13(7-10(12)18)9-5-3-4-6-9/h9H,2-8H2,1H3,(H2,12,18). The van der Waals surface area contributed by atoms with E-state index < -0.39 is 21.7 Å². The molecule has 0 aromatic rings. The molecular formula is C11H20N2O4S2. The fraction of sp³-hybridized carbons (Fsp3) is 0.818. The van der Waals surface area contributed by atoms with Crippen molar-refractivity contribution in [1.29, 1.82) is 0 Å². The summed E-state index contributed by atoms with van der Waals surface area (Å²) in [7, 11) is -3.73. The lowest BCUT2D eigenvalue weighted by Gasteiger charge is -2.27. The molecule has 2 N–H and O–H groups in total. The van der Waals surface area contributed by atoms with Crippen LogP contribution in [0.5, 0.6) is 0 Å².